The van der Waals surface area contributed by atoms with Gasteiger partial charge in [-0.3, -0.25) is 0 Å². The third kappa shape index (κ3) is 4.90. The average molecular weight is 967 g/mol. The van der Waals surface area contributed by atoms with Gasteiger partial charge in [0.2, 0.25) is 0 Å². The summed E-state index contributed by atoms with van der Waals surface area (Å²) in [5.74, 6) is 0. The van der Waals surface area contributed by atoms with Crippen molar-refractivity contribution in [2.75, 3.05) is 0 Å². The molecule has 1 nitrogen and oxygen atoms in total. The third-order valence-electron chi connectivity index (χ3n) is 7.79. The molecule has 0 spiro atoms. The van der Waals surface area contributed by atoms with Gasteiger partial charge < -0.3 is 0 Å². The normalized spacial score (nSPS) is 14.7. The third-order valence-corrected chi connectivity index (χ3v) is 178. The summed E-state index contributed by atoms with van der Waals surface area (Å²) in [6.07, 6.45) is 0. The molecule has 6 aromatic rings. The van der Waals surface area contributed by atoms with E-state index >= 15 is 0 Å². The van der Waals surface area contributed by atoms with E-state index in [0.717, 1.165) is 0 Å². The summed E-state index contributed by atoms with van der Waals surface area (Å²) in [7, 11) is 0. The summed E-state index contributed by atoms with van der Waals surface area (Å²) >= 11 is -5.51. The molecule has 0 radical (unpaired) electrons. The van der Waals surface area contributed by atoms with Crippen LogP contribution in [0, 0.1) is 0 Å². The van der Waals surface area contributed by atoms with Gasteiger partial charge in [-0.2, -0.15) is 0 Å². The second kappa shape index (κ2) is 13.3. The van der Waals surface area contributed by atoms with E-state index in [1.54, 1.807) is 4.88 Å². The molecular weight excluding hydrogens is 934 g/mol. The molecule has 0 bridgehead atoms. The van der Waals surface area contributed by atoms with E-state index in [4.69, 9.17) is 0 Å². The summed E-state index contributed by atoms with van der Waals surface area (Å²) < 4.78 is 4.94. The number of hydrogen-bond donors (Lipinski definition) is 0. The molecule has 6 aromatic carbocycles. The number of rotatable bonds is 9. The van der Waals surface area contributed by atoms with Crippen LogP contribution in [0.5, 0.6) is 0 Å². The molecule has 0 aliphatic rings. The fourth-order valence-electron chi connectivity index (χ4n) is 6.11. The van der Waals surface area contributed by atoms with Crippen LogP contribution < -0.4 is 21.1 Å². The van der Waals surface area contributed by atoms with Crippen LogP contribution in [-0.4, -0.2) is 36.7 Å². The van der Waals surface area contributed by atoms with E-state index in [0.29, 0.717) is 0 Å². The second-order valence-electron chi connectivity index (χ2n) is 10.00. The van der Waals surface area contributed by atoms with Crippen LogP contribution in [0.4, 0.5) is 0 Å². The molecule has 0 N–H and O–H groups in total. The molecular formula is C37H33IORhSb2. The van der Waals surface area contributed by atoms with E-state index in [2.05, 4.69) is 202 Å². The van der Waals surface area contributed by atoms with Gasteiger partial charge in [0.05, 0.1) is 0 Å². The van der Waals surface area contributed by atoms with Crippen molar-refractivity contribution in [3.05, 3.63) is 182 Å². The molecule has 0 saturated heterocycles. The maximum atomic E-state index is 14.7. The van der Waals surface area contributed by atoms with Gasteiger partial charge in [-0.15, -0.1) is 0 Å². The molecule has 0 aliphatic heterocycles. The maximum absolute atomic E-state index is 14.7. The fraction of sp³-hybridized carbons (Fsp3) is 0. The Morgan fingerprint density at radius 3 is 0.667 bits per heavy atom. The Labute approximate surface area is 265 Å². The Balaban J connectivity index is 1.90. The van der Waals surface area contributed by atoms with Crippen LogP contribution in [-0.2, 0) is 8.82 Å². The molecule has 0 amide bonds. The molecule has 0 atom stereocenters. The molecule has 42 heavy (non-hydrogen) atoms. The summed E-state index contributed by atoms with van der Waals surface area (Å²) in [4.78, 5) is 16.3. The van der Waals surface area contributed by atoms with Gasteiger partial charge in [0.1, 0.15) is 0 Å². The Kier molecular flexibility index (Phi) is 9.52. The molecule has 0 unspecified atom stereocenters. The quantitative estimate of drug-likeness (QED) is 0.119. The zero-order valence-electron chi connectivity index (χ0n) is 23.0. The number of halogens is 1. The summed E-state index contributed by atoms with van der Waals surface area (Å²) in [5, 5.41) is 0. The summed E-state index contributed by atoms with van der Waals surface area (Å²) in [5.41, 5.74) is 0. The van der Waals surface area contributed by atoms with Crippen molar-refractivity contribution in [1.82, 2.24) is 0 Å². The molecule has 6 rings (SSSR count). The van der Waals surface area contributed by atoms with Crippen LogP contribution in [0.15, 0.2) is 182 Å². The van der Waals surface area contributed by atoms with Crippen LogP contribution >= 0.6 is 19.8 Å². The number of carbonyl (C=O) groups is 1. The van der Waals surface area contributed by atoms with E-state index < -0.39 is 35.9 Å². The van der Waals surface area contributed by atoms with Crippen molar-refractivity contribution in [3.63, 3.8) is 0 Å². The molecule has 0 fully saturated rings. The van der Waals surface area contributed by atoms with Crippen molar-refractivity contribution in [2.45, 2.75) is 0 Å². The average Bonchev–Trinajstić information content (AvgIpc) is 3.08. The van der Waals surface area contributed by atoms with Crippen LogP contribution in [0.1, 0.15) is 0 Å². The summed E-state index contributed by atoms with van der Waals surface area (Å²) in [6.45, 7) is 0. The molecule has 0 aliphatic carbocycles. The van der Waals surface area contributed by atoms with Gasteiger partial charge in [-0.1, -0.05) is 0 Å². The predicted octanol–water partition coefficient (Wildman–Crippen LogP) is 4.48. The van der Waals surface area contributed by atoms with Crippen LogP contribution in [0.2, 0.25) is 0 Å². The molecule has 0 aromatic heterocycles. The van der Waals surface area contributed by atoms with Crippen molar-refractivity contribution >= 4 is 77.6 Å². The predicted molar refractivity (Wildman–Crippen MR) is 192 cm³/mol. The monoisotopic (exact) mass is 965 g/mol. The Morgan fingerprint density at radius 1 is 0.357 bits per heavy atom. The zero-order valence-corrected chi connectivity index (χ0v) is 32.5. The molecule has 0 saturated carbocycles. The van der Waals surface area contributed by atoms with Gasteiger partial charge in [0.15, 0.2) is 0 Å². The van der Waals surface area contributed by atoms with E-state index in [1.165, 1.54) is 21.1 Å². The number of hydrogen-bond acceptors (Lipinski definition) is 1. The van der Waals surface area contributed by atoms with E-state index in [-0.39, 0.29) is 0 Å². The first-order valence-corrected chi connectivity index (χ1v) is 41.1. The topological polar surface area (TPSA) is 17.1 Å². The second-order valence-corrected chi connectivity index (χ2v) is 110. The van der Waals surface area contributed by atoms with E-state index in [1.807, 2.05) is 0 Å². The number of benzene rings is 6. The number of carbonyl (C=O) groups excluding carboxylic acids is 1. The van der Waals surface area contributed by atoms with Gasteiger partial charge in [-0.05, 0) is 0 Å². The minimum absolute atomic E-state index is 1.39. The standard InChI is InChI=1S/6C6H5.CHO.HI.Rh.2Sb.2H/c6*1-2-4-6-5-3-1;1-2;;;;;;/h6*1-5H;1H;1H;;;;;/q;;;;;;;;+1;;;;/p-1. The molecule has 5 heteroatoms. The molecule has 213 valence electrons. The van der Waals surface area contributed by atoms with Crippen molar-refractivity contribution in [3.8, 4) is 0 Å². The van der Waals surface area contributed by atoms with Crippen molar-refractivity contribution < 1.29 is 8.82 Å². The van der Waals surface area contributed by atoms with Gasteiger partial charge >= 0.3 is 268 Å². The van der Waals surface area contributed by atoms with Crippen LogP contribution in [0.3, 0.4) is 0 Å². The Hall–Kier alpha value is -2.02. The van der Waals surface area contributed by atoms with Crippen molar-refractivity contribution in [2.24, 2.45) is 0 Å². The van der Waals surface area contributed by atoms with Gasteiger partial charge in [0.25, 0.3) is 0 Å². The van der Waals surface area contributed by atoms with Crippen molar-refractivity contribution in [1.29, 1.82) is 0 Å². The SMILES string of the molecule is O=[CH][Rh]([I])([SbH]([c]1ccccc1)([c]1ccccc1)[c]1ccccc1)[SbH]([c]1ccccc1)([c]1ccccc1)[c]1ccccc1. The van der Waals surface area contributed by atoms with Crippen LogP contribution in [0.25, 0.3) is 0 Å². The first-order chi connectivity index (χ1) is 20.7. The Bertz CT molecular complexity index is 1420. The van der Waals surface area contributed by atoms with Gasteiger partial charge in [-0.25, -0.2) is 0 Å². The Morgan fingerprint density at radius 2 is 0.524 bits per heavy atom. The first kappa shape index (κ1) is 30.0. The zero-order chi connectivity index (χ0) is 28.9. The van der Waals surface area contributed by atoms with Gasteiger partial charge in [0, 0.05) is 0 Å². The first-order valence-electron chi connectivity index (χ1n) is 13.9. The minimum atomic E-state index is -4.19. The van der Waals surface area contributed by atoms with E-state index in [9.17, 15) is 4.79 Å². The fourth-order valence-corrected chi connectivity index (χ4v) is 235. The molecule has 0 heterocycles. The summed E-state index contributed by atoms with van der Waals surface area (Å²) in [6, 6.07) is 66.8.